The van der Waals surface area contributed by atoms with Gasteiger partial charge in [-0.25, -0.2) is 8.42 Å². The molecule has 23 heavy (non-hydrogen) atoms. The molecule has 1 aliphatic heterocycles. The zero-order valence-corrected chi connectivity index (χ0v) is 17.7. The van der Waals surface area contributed by atoms with Crippen molar-refractivity contribution >= 4 is 39.8 Å². The Balaban J connectivity index is 0.00000484. The summed E-state index contributed by atoms with van der Waals surface area (Å²) in [6, 6.07) is 0. The van der Waals surface area contributed by atoms with Crippen molar-refractivity contribution in [3.8, 4) is 0 Å². The van der Waals surface area contributed by atoms with Crippen molar-refractivity contribution in [1.29, 1.82) is 0 Å². The number of sulfone groups is 1. The molecule has 0 aromatic carbocycles. The van der Waals surface area contributed by atoms with Gasteiger partial charge in [0, 0.05) is 39.6 Å². The van der Waals surface area contributed by atoms with Crippen molar-refractivity contribution in [2.75, 3.05) is 39.6 Å². The van der Waals surface area contributed by atoms with E-state index in [1.165, 1.54) is 25.5 Å². The van der Waals surface area contributed by atoms with Gasteiger partial charge in [0.15, 0.2) is 15.8 Å². The van der Waals surface area contributed by atoms with E-state index in [-0.39, 0.29) is 24.0 Å². The summed E-state index contributed by atoms with van der Waals surface area (Å²) in [4.78, 5) is 4.17. The molecule has 0 spiro atoms. The van der Waals surface area contributed by atoms with Gasteiger partial charge in [-0.2, -0.15) is 0 Å². The number of nitrogens with zero attached hydrogens (tertiary/aromatic N) is 1. The van der Waals surface area contributed by atoms with Crippen molar-refractivity contribution in [2.24, 2.45) is 4.99 Å². The molecule has 0 aromatic heterocycles. The molecule has 6 nitrogen and oxygen atoms in total. The maximum Gasteiger partial charge on any atom is 0.191 e. The Morgan fingerprint density at radius 3 is 2.35 bits per heavy atom. The molecule has 138 valence electrons. The molecule has 0 saturated carbocycles. The summed E-state index contributed by atoms with van der Waals surface area (Å²) in [5.41, 5.74) is 0. The number of hydrogen-bond donors (Lipinski definition) is 2. The Labute approximate surface area is 158 Å². The smallest absolute Gasteiger partial charge is 0.191 e. The van der Waals surface area contributed by atoms with Crippen LogP contribution in [0.1, 0.15) is 45.4 Å². The standard InChI is InChI=1S/C15H31N3O3S.HI/c1-4-5-6-7-10-17-14(16-2)18-13-15(22(3,19)20)8-11-21-12-9-15;/h4-13H2,1-3H3,(H2,16,17,18);1H. The normalized spacial score (nSPS) is 18.1. The molecule has 0 amide bonds. The molecule has 1 heterocycles. The van der Waals surface area contributed by atoms with E-state index in [2.05, 4.69) is 22.5 Å². The van der Waals surface area contributed by atoms with Crippen LogP contribution >= 0.6 is 24.0 Å². The van der Waals surface area contributed by atoms with E-state index >= 15 is 0 Å². The van der Waals surface area contributed by atoms with Gasteiger partial charge in [-0.3, -0.25) is 4.99 Å². The number of guanidine groups is 1. The van der Waals surface area contributed by atoms with Crippen LogP contribution in [0.3, 0.4) is 0 Å². The second-order valence-corrected chi connectivity index (χ2v) is 8.39. The first-order chi connectivity index (χ1) is 10.4. The van der Waals surface area contributed by atoms with Crippen molar-refractivity contribution in [3.05, 3.63) is 0 Å². The van der Waals surface area contributed by atoms with Crippen LogP contribution in [0.5, 0.6) is 0 Å². The third-order valence-corrected chi connectivity index (χ3v) is 6.44. The van der Waals surface area contributed by atoms with Gasteiger partial charge in [0.25, 0.3) is 0 Å². The van der Waals surface area contributed by atoms with E-state index in [1.807, 2.05) is 0 Å². The zero-order chi connectivity index (χ0) is 16.5. The Kier molecular flexibility index (Phi) is 11.4. The minimum absolute atomic E-state index is 0. The summed E-state index contributed by atoms with van der Waals surface area (Å²) in [7, 11) is -1.44. The molecule has 0 unspecified atom stereocenters. The Morgan fingerprint density at radius 1 is 1.17 bits per heavy atom. The average molecular weight is 461 g/mol. The Hall–Kier alpha value is -0.0900. The molecule has 0 radical (unpaired) electrons. The molecule has 1 aliphatic rings. The minimum Gasteiger partial charge on any atom is -0.381 e. The van der Waals surface area contributed by atoms with Crippen LogP contribution in [0.25, 0.3) is 0 Å². The van der Waals surface area contributed by atoms with Gasteiger partial charge in [-0.15, -0.1) is 24.0 Å². The van der Waals surface area contributed by atoms with Crippen LogP contribution in [-0.2, 0) is 14.6 Å². The predicted molar refractivity (Wildman–Crippen MR) is 107 cm³/mol. The van der Waals surface area contributed by atoms with Gasteiger partial charge < -0.3 is 15.4 Å². The van der Waals surface area contributed by atoms with Gasteiger partial charge in [0.05, 0.1) is 4.75 Å². The van der Waals surface area contributed by atoms with E-state index in [0.29, 0.717) is 38.6 Å². The topological polar surface area (TPSA) is 79.8 Å². The molecular formula is C15H32IN3O3S. The highest BCUT2D eigenvalue weighted by molar-refractivity contribution is 14.0. The number of ether oxygens (including phenoxy) is 1. The molecule has 0 aromatic rings. The van der Waals surface area contributed by atoms with E-state index in [4.69, 9.17) is 4.74 Å². The fraction of sp³-hybridized carbons (Fsp3) is 0.933. The van der Waals surface area contributed by atoms with Crippen LogP contribution in [0, 0.1) is 0 Å². The highest BCUT2D eigenvalue weighted by Crippen LogP contribution is 2.28. The first-order valence-corrected chi connectivity index (χ1v) is 10.1. The largest absolute Gasteiger partial charge is 0.381 e. The fourth-order valence-electron chi connectivity index (χ4n) is 2.65. The van der Waals surface area contributed by atoms with E-state index in [1.54, 1.807) is 7.05 Å². The summed E-state index contributed by atoms with van der Waals surface area (Å²) in [6.45, 7) is 4.42. The number of aliphatic imine (C=N–C) groups is 1. The van der Waals surface area contributed by atoms with Crippen LogP contribution in [0.15, 0.2) is 4.99 Å². The number of halogens is 1. The molecule has 1 fully saturated rings. The minimum atomic E-state index is -3.15. The lowest BCUT2D eigenvalue weighted by molar-refractivity contribution is 0.0756. The van der Waals surface area contributed by atoms with Crippen molar-refractivity contribution in [3.63, 3.8) is 0 Å². The summed E-state index contributed by atoms with van der Waals surface area (Å²) >= 11 is 0. The first kappa shape index (κ1) is 22.9. The second kappa shape index (κ2) is 11.5. The molecule has 8 heteroatoms. The maximum atomic E-state index is 12.2. The Morgan fingerprint density at radius 2 is 1.83 bits per heavy atom. The van der Waals surface area contributed by atoms with Crippen LogP contribution in [0.2, 0.25) is 0 Å². The van der Waals surface area contributed by atoms with Crippen molar-refractivity contribution in [1.82, 2.24) is 10.6 Å². The number of hydrogen-bond acceptors (Lipinski definition) is 4. The van der Waals surface area contributed by atoms with Gasteiger partial charge in [0.2, 0.25) is 0 Å². The SMILES string of the molecule is CCCCCCNC(=NC)NCC1(S(C)(=O)=O)CCOCC1.I. The summed E-state index contributed by atoms with van der Waals surface area (Å²) in [6.07, 6.45) is 7.14. The molecule has 0 aliphatic carbocycles. The number of nitrogens with one attached hydrogen (secondary N) is 2. The molecule has 1 rings (SSSR count). The second-order valence-electron chi connectivity index (χ2n) is 5.98. The maximum absolute atomic E-state index is 12.2. The highest BCUT2D eigenvalue weighted by Gasteiger charge is 2.42. The monoisotopic (exact) mass is 461 g/mol. The molecule has 0 atom stereocenters. The molecular weight excluding hydrogens is 429 g/mol. The number of rotatable bonds is 8. The lowest BCUT2D eigenvalue weighted by atomic mass is 9.99. The van der Waals surface area contributed by atoms with Gasteiger partial charge in [-0.1, -0.05) is 26.2 Å². The van der Waals surface area contributed by atoms with E-state index in [9.17, 15) is 8.42 Å². The first-order valence-electron chi connectivity index (χ1n) is 8.17. The Bertz CT molecular complexity index is 449. The quantitative estimate of drug-likeness (QED) is 0.250. The van der Waals surface area contributed by atoms with Gasteiger partial charge in [0.1, 0.15) is 0 Å². The molecule has 2 N–H and O–H groups in total. The average Bonchev–Trinajstić information content (AvgIpc) is 2.50. The summed E-state index contributed by atoms with van der Waals surface area (Å²) in [5, 5.41) is 6.43. The van der Waals surface area contributed by atoms with Crippen molar-refractivity contribution in [2.45, 2.75) is 50.2 Å². The number of unbranched alkanes of at least 4 members (excludes halogenated alkanes) is 3. The van der Waals surface area contributed by atoms with E-state index in [0.717, 1.165) is 13.0 Å². The summed E-state index contributed by atoms with van der Waals surface area (Å²) in [5.74, 6) is 0.672. The molecule has 1 saturated heterocycles. The molecule has 0 bridgehead atoms. The van der Waals surface area contributed by atoms with Crippen LogP contribution in [-0.4, -0.2) is 58.7 Å². The fourth-order valence-corrected chi connectivity index (χ4v) is 3.89. The predicted octanol–water partition coefficient (Wildman–Crippen LogP) is 1.94. The van der Waals surface area contributed by atoms with Crippen LogP contribution in [0.4, 0.5) is 0 Å². The van der Waals surface area contributed by atoms with Crippen molar-refractivity contribution < 1.29 is 13.2 Å². The zero-order valence-electron chi connectivity index (χ0n) is 14.6. The van der Waals surface area contributed by atoms with Crippen LogP contribution < -0.4 is 10.6 Å². The highest BCUT2D eigenvalue weighted by atomic mass is 127. The third kappa shape index (κ3) is 7.55. The van der Waals surface area contributed by atoms with E-state index < -0.39 is 14.6 Å². The third-order valence-electron chi connectivity index (χ3n) is 4.31. The lowest BCUT2D eigenvalue weighted by Gasteiger charge is -2.35. The van der Waals surface area contributed by atoms with Gasteiger partial charge in [-0.05, 0) is 19.3 Å². The lowest BCUT2D eigenvalue weighted by Crippen LogP contribution is -2.53. The summed E-state index contributed by atoms with van der Waals surface area (Å²) < 4.78 is 28.9. The van der Waals surface area contributed by atoms with Gasteiger partial charge >= 0.3 is 0 Å².